The molecule has 0 bridgehead atoms. The number of nitrogen functional groups attached to an aromatic ring is 1. The second-order valence-corrected chi connectivity index (χ2v) is 2.27. The zero-order chi connectivity index (χ0) is 8.27. The average molecular weight is 148 g/mol. The Balaban J connectivity index is 3.19. The van der Waals surface area contributed by atoms with Crippen LogP contribution >= 0.6 is 0 Å². The van der Waals surface area contributed by atoms with E-state index < -0.39 is 0 Å². The SMILES string of the molecule is Cc1ccc(N=C=O)c(N)c1. The Morgan fingerprint density at radius 2 is 2.27 bits per heavy atom. The molecule has 0 heterocycles. The Morgan fingerprint density at radius 3 is 2.82 bits per heavy atom. The molecule has 0 aliphatic carbocycles. The highest BCUT2D eigenvalue weighted by Crippen LogP contribution is 2.21. The lowest BCUT2D eigenvalue weighted by Crippen LogP contribution is -1.85. The van der Waals surface area contributed by atoms with Gasteiger partial charge < -0.3 is 5.73 Å². The van der Waals surface area contributed by atoms with Crippen molar-refractivity contribution in [3.8, 4) is 0 Å². The molecule has 11 heavy (non-hydrogen) atoms. The van der Waals surface area contributed by atoms with Crippen molar-refractivity contribution in [1.82, 2.24) is 0 Å². The molecule has 3 nitrogen and oxygen atoms in total. The topological polar surface area (TPSA) is 55.5 Å². The van der Waals surface area contributed by atoms with Gasteiger partial charge in [-0.2, -0.15) is 4.99 Å². The van der Waals surface area contributed by atoms with Crippen LogP contribution in [0.5, 0.6) is 0 Å². The molecule has 56 valence electrons. The predicted molar refractivity (Wildman–Crippen MR) is 43.4 cm³/mol. The minimum atomic E-state index is 0.477. The van der Waals surface area contributed by atoms with E-state index in [0.717, 1.165) is 5.56 Å². The number of hydrogen-bond acceptors (Lipinski definition) is 3. The molecule has 0 unspecified atom stereocenters. The average Bonchev–Trinajstić information content (AvgIpc) is 1.95. The minimum absolute atomic E-state index is 0.477. The van der Waals surface area contributed by atoms with Crippen molar-refractivity contribution in [3.05, 3.63) is 23.8 Å². The molecule has 1 aromatic rings. The van der Waals surface area contributed by atoms with E-state index in [-0.39, 0.29) is 0 Å². The van der Waals surface area contributed by atoms with Gasteiger partial charge in [-0.25, -0.2) is 4.79 Å². The summed E-state index contributed by atoms with van der Waals surface area (Å²) in [4.78, 5) is 13.3. The van der Waals surface area contributed by atoms with E-state index in [1.165, 1.54) is 6.08 Å². The third kappa shape index (κ3) is 1.66. The highest BCUT2D eigenvalue weighted by atomic mass is 16.1. The number of nitrogens with zero attached hydrogens (tertiary/aromatic N) is 1. The second kappa shape index (κ2) is 2.99. The van der Waals surface area contributed by atoms with E-state index in [4.69, 9.17) is 5.73 Å². The lowest BCUT2D eigenvalue weighted by molar-refractivity contribution is 0.565. The lowest BCUT2D eigenvalue weighted by atomic mass is 10.2. The maximum absolute atomic E-state index is 9.86. The monoisotopic (exact) mass is 148 g/mol. The van der Waals surface area contributed by atoms with E-state index in [1.54, 1.807) is 12.1 Å². The molecule has 0 aliphatic heterocycles. The fraction of sp³-hybridized carbons (Fsp3) is 0.125. The van der Waals surface area contributed by atoms with E-state index in [2.05, 4.69) is 4.99 Å². The smallest absolute Gasteiger partial charge is 0.240 e. The fourth-order valence-electron chi connectivity index (χ4n) is 0.825. The van der Waals surface area contributed by atoms with Crippen LogP contribution < -0.4 is 5.73 Å². The Labute approximate surface area is 64.6 Å². The van der Waals surface area contributed by atoms with Gasteiger partial charge in [0, 0.05) is 0 Å². The van der Waals surface area contributed by atoms with E-state index in [1.807, 2.05) is 13.0 Å². The van der Waals surface area contributed by atoms with Crippen LogP contribution in [0.2, 0.25) is 0 Å². The summed E-state index contributed by atoms with van der Waals surface area (Å²) in [6, 6.07) is 5.29. The van der Waals surface area contributed by atoms with Gasteiger partial charge in [-0.1, -0.05) is 6.07 Å². The normalized spacial score (nSPS) is 8.82. The number of carbonyl (C=O) groups excluding carboxylic acids is 1. The van der Waals surface area contributed by atoms with Crippen molar-refractivity contribution < 1.29 is 4.79 Å². The number of anilines is 1. The van der Waals surface area contributed by atoms with Crippen molar-refractivity contribution in [2.75, 3.05) is 5.73 Å². The van der Waals surface area contributed by atoms with Gasteiger partial charge in [0.1, 0.15) is 0 Å². The summed E-state index contributed by atoms with van der Waals surface area (Å²) in [5, 5.41) is 0. The Hall–Kier alpha value is -1.60. The van der Waals surface area contributed by atoms with Crippen LogP contribution in [0.25, 0.3) is 0 Å². The number of hydrogen-bond donors (Lipinski definition) is 1. The van der Waals surface area contributed by atoms with Crippen LogP contribution in [0.3, 0.4) is 0 Å². The molecule has 0 saturated carbocycles. The van der Waals surface area contributed by atoms with E-state index in [0.29, 0.717) is 11.4 Å². The molecule has 0 atom stereocenters. The van der Waals surface area contributed by atoms with Crippen LogP contribution in [-0.4, -0.2) is 6.08 Å². The molecule has 2 N–H and O–H groups in total. The number of aryl methyl sites for hydroxylation is 1. The molecular weight excluding hydrogens is 140 g/mol. The predicted octanol–water partition coefficient (Wildman–Crippen LogP) is 1.54. The van der Waals surface area contributed by atoms with Gasteiger partial charge in [0.2, 0.25) is 6.08 Å². The summed E-state index contributed by atoms with van der Waals surface area (Å²) < 4.78 is 0. The first-order valence-corrected chi connectivity index (χ1v) is 3.18. The Bertz CT molecular complexity index is 314. The van der Waals surface area contributed by atoms with Crippen LogP contribution in [0, 0.1) is 6.92 Å². The maximum atomic E-state index is 9.86. The van der Waals surface area contributed by atoms with Gasteiger partial charge in [-0.15, -0.1) is 0 Å². The van der Waals surface area contributed by atoms with Crippen molar-refractivity contribution in [3.63, 3.8) is 0 Å². The molecule has 0 amide bonds. The zero-order valence-corrected chi connectivity index (χ0v) is 6.16. The fourth-order valence-corrected chi connectivity index (χ4v) is 0.825. The molecule has 0 saturated heterocycles. The molecule has 0 aliphatic rings. The van der Waals surface area contributed by atoms with Gasteiger partial charge in [-0.3, -0.25) is 0 Å². The van der Waals surface area contributed by atoms with Crippen LogP contribution in [0.15, 0.2) is 23.2 Å². The summed E-state index contributed by atoms with van der Waals surface area (Å²) in [6.07, 6.45) is 1.44. The maximum Gasteiger partial charge on any atom is 0.240 e. The van der Waals surface area contributed by atoms with Gasteiger partial charge in [-0.05, 0) is 24.6 Å². The highest BCUT2D eigenvalue weighted by Gasteiger charge is 1.94. The quantitative estimate of drug-likeness (QED) is 0.373. The molecule has 0 spiro atoms. The van der Waals surface area contributed by atoms with Gasteiger partial charge >= 0.3 is 0 Å². The Kier molecular flexibility index (Phi) is 2.04. The summed E-state index contributed by atoms with van der Waals surface area (Å²) in [6.45, 7) is 1.92. The largest absolute Gasteiger partial charge is 0.397 e. The van der Waals surface area contributed by atoms with E-state index >= 15 is 0 Å². The second-order valence-electron chi connectivity index (χ2n) is 2.27. The number of benzene rings is 1. The van der Waals surface area contributed by atoms with E-state index in [9.17, 15) is 4.79 Å². The summed E-state index contributed by atoms with van der Waals surface area (Å²) >= 11 is 0. The van der Waals surface area contributed by atoms with Gasteiger partial charge in [0.25, 0.3) is 0 Å². The molecular formula is C8H8N2O. The lowest BCUT2D eigenvalue weighted by Gasteiger charge is -1.97. The Morgan fingerprint density at radius 1 is 1.55 bits per heavy atom. The first kappa shape index (κ1) is 7.51. The number of aliphatic imine (C=N–C) groups is 1. The van der Waals surface area contributed by atoms with Gasteiger partial charge in [0.05, 0.1) is 11.4 Å². The van der Waals surface area contributed by atoms with Crippen LogP contribution in [0.1, 0.15) is 5.56 Å². The number of isocyanates is 1. The molecule has 1 aromatic carbocycles. The summed E-state index contributed by atoms with van der Waals surface area (Å²) in [5.74, 6) is 0. The zero-order valence-electron chi connectivity index (χ0n) is 6.16. The van der Waals surface area contributed by atoms with Crippen molar-refractivity contribution in [2.24, 2.45) is 4.99 Å². The third-order valence-corrected chi connectivity index (χ3v) is 1.35. The first-order chi connectivity index (χ1) is 5.24. The molecule has 0 fully saturated rings. The first-order valence-electron chi connectivity index (χ1n) is 3.18. The standard InChI is InChI=1S/C8H8N2O/c1-6-2-3-8(10-5-11)7(9)4-6/h2-4H,9H2,1H3. The van der Waals surface area contributed by atoms with Crippen LogP contribution in [-0.2, 0) is 4.79 Å². The molecule has 0 aromatic heterocycles. The van der Waals surface area contributed by atoms with Crippen LogP contribution in [0.4, 0.5) is 11.4 Å². The number of rotatable bonds is 1. The highest BCUT2D eigenvalue weighted by molar-refractivity contribution is 5.66. The summed E-state index contributed by atoms with van der Waals surface area (Å²) in [5.41, 5.74) is 7.57. The van der Waals surface area contributed by atoms with Crippen molar-refractivity contribution in [2.45, 2.75) is 6.92 Å². The minimum Gasteiger partial charge on any atom is -0.397 e. The summed E-state index contributed by atoms with van der Waals surface area (Å²) in [7, 11) is 0. The molecule has 0 radical (unpaired) electrons. The number of nitrogens with two attached hydrogens (primary N) is 1. The van der Waals surface area contributed by atoms with Gasteiger partial charge in [0.15, 0.2) is 0 Å². The third-order valence-electron chi connectivity index (χ3n) is 1.35. The van der Waals surface area contributed by atoms with Crippen molar-refractivity contribution >= 4 is 17.5 Å². The molecule has 1 rings (SSSR count). The molecule has 3 heteroatoms. The van der Waals surface area contributed by atoms with Crippen molar-refractivity contribution in [1.29, 1.82) is 0 Å².